The second-order valence-corrected chi connectivity index (χ2v) is 3.01. The molecule has 0 aromatic carbocycles. The highest BCUT2D eigenvalue weighted by Crippen LogP contribution is 2.09. The summed E-state index contributed by atoms with van der Waals surface area (Å²) in [6.45, 7) is 0. The highest BCUT2D eigenvalue weighted by atomic mass is 127. The maximum absolute atomic E-state index is 12.7. The number of carbonyl (C=O) groups excluding carboxylic acids is 1. The minimum atomic E-state index is -0.722. The van der Waals surface area contributed by atoms with Crippen molar-refractivity contribution in [3.63, 3.8) is 0 Å². The Balaban J connectivity index is 3.15. The third-order valence-corrected chi connectivity index (χ3v) is 1.85. The molecule has 58 valence electrons. The second kappa shape index (κ2) is 3.12. The van der Waals surface area contributed by atoms with E-state index in [-0.39, 0.29) is 5.69 Å². The third kappa shape index (κ3) is 1.86. The number of hydrogen-bond donors (Lipinski definition) is 1. The van der Waals surface area contributed by atoms with Crippen molar-refractivity contribution in [2.24, 2.45) is 5.73 Å². The molecule has 1 aromatic heterocycles. The number of rotatable bonds is 1. The second-order valence-electron chi connectivity index (χ2n) is 1.85. The van der Waals surface area contributed by atoms with E-state index in [1.807, 2.05) is 0 Å². The van der Waals surface area contributed by atoms with Crippen LogP contribution in [0.5, 0.6) is 0 Å². The zero-order chi connectivity index (χ0) is 8.43. The number of hydrogen-bond acceptors (Lipinski definition) is 2. The number of nitrogens with zero attached hydrogens (tertiary/aromatic N) is 1. The van der Waals surface area contributed by atoms with Crippen molar-refractivity contribution in [3.8, 4) is 0 Å². The average molecular weight is 266 g/mol. The molecule has 0 aliphatic carbocycles. The van der Waals surface area contributed by atoms with Gasteiger partial charge in [0.2, 0.25) is 0 Å². The Morgan fingerprint density at radius 3 is 2.82 bits per heavy atom. The summed E-state index contributed by atoms with van der Waals surface area (Å²) in [7, 11) is 0. The van der Waals surface area contributed by atoms with Crippen molar-refractivity contribution in [2.45, 2.75) is 0 Å². The zero-order valence-corrected chi connectivity index (χ0v) is 7.50. The van der Waals surface area contributed by atoms with Gasteiger partial charge in [0.15, 0.2) is 0 Å². The Bertz CT molecular complexity index is 303. The number of carbonyl (C=O) groups is 1. The number of primary amides is 1. The third-order valence-electron chi connectivity index (χ3n) is 1.06. The van der Waals surface area contributed by atoms with Gasteiger partial charge in [-0.25, -0.2) is 9.37 Å². The van der Waals surface area contributed by atoms with E-state index in [1.165, 1.54) is 6.20 Å². The molecule has 11 heavy (non-hydrogen) atoms. The van der Waals surface area contributed by atoms with Gasteiger partial charge in [0.1, 0.15) is 11.5 Å². The Labute approximate surface area is 75.9 Å². The first kappa shape index (κ1) is 8.38. The van der Waals surface area contributed by atoms with E-state index in [4.69, 9.17) is 5.73 Å². The zero-order valence-electron chi connectivity index (χ0n) is 5.34. The first-order chi connectivity index (χ1) is 5.11. The topological polar surface area (TPSA) is 56.0 Å². The fourth-order valence-electron chi connectivity index (χ4n) is 0.549. The summed E-state index contributed by atoms with van der Waals surface area (Å²) >= 11 is 1.77. The highest BCUT2D eigenvalue weighted by Gasteiger charge is 2.05. The molecule has 1 aromatic rings. The molecule has 0 spiro atoms. The van der Waals surface area contributed by atoms with Crippen LogP contribution in [0.15, 0.2) is 12.3 Å². The van der Waals surface area contributed by atoms with Crippen LogP contribution >= 0.6 is 22.6 Å². The minimum absolute atomic E-state index is 0.0529. The van der Waals surface area contributed by atoms with Gasteiger partial charge in [0, 0.05) is 12.3 Å². The maximum atomic E-state index is 12.7. The van der Waals surface area contributed by atoms with Crippen LogP contribution in [-0.2, 0) is 0 Å². The van der Waals surface area contributed by atoms with Crippen LogP contribution in [-0.4, -0.2) is 10.9 Å². The molecule has 1 rings (SSSR count). The lowest BCUT2D eigenvalue weighted by Gasteiger charge is -1.95. The maximum Gasteiger partial charge on any atom is 0.267 e. The largest absolute Gasteiger partial charge is 0.364 e. The molecule has 3 nitrogen and oxygen atoms in total. The Kier molecular flexibility index (Phi) is 2.38. The number of aromatic nitrogens is 1. The van der Waals surface area contributed by atoms with Gasteiger partial charge in [-0.1, -0.05) is 0 Å². The number of nitrogens with two attached hydrogens (primary N) is 1. The van der Waals surface area contributed by atoms with Crippen LogP contribution in [0.4, 0.5) is 4.39 Å². The molecule has 5 heteroatoms. The molecule has 0 radical (unpaired) electrons. The van der Waals surface area contributed by atoms with Crippen molar-refractivity contribution in [1.82, 2.24) is 4.98 Å². The number of pyridine rings is 1. The first-order valence-corrected chi connectivity index (χ1v) is 3.80. The molecule has 0 saturated heterocycles. The highest BCUT2D eigenvalue weighted by molar-refractivity contribution is 14.1. The lowest BCUT2D eigenvalue weighted by Crippen LogP contribution is -2.13. The minimum Gasteiger partial charge on any atom is -0.364 e. The predicted octanol–water partition coefficient (Wildman–Crippen LogP) is 0.924. The summed E-state index contributed by atoms with van der Waals surface area (Å²) in [4.78, 5) is 14.1. The Morgan fingerprint density at radius 2 is 2.36 bits per heavy atom. The first-order valence-electron chi connectivity index (χ1n) is 2.72. The summed E-state index contributed by atoms with van der Waals surface area (Å²) in [5.41, 5.74) is 4.81. The summed E-state index contributed by atoms with van der Waals surface area (Å²) in [6, 6.07) is 1.02. The molecular formula is C6H4FIN2O. The van der Waals surface area contributed by atoms with Crippen molar-refractivity contribution >= 4 is 28.5 Å². The summed E-state index contributed by atoms with van der Waals surface area (Å²) in [5, 5.41) is 0. The van der Waals surface area contributed by atoms with Gasteiger partial charge in [-0.15, -0.1) is 0 Å². The summed E-state index contributed by atoms with van der Waals surface area (Å²) < 4.78 is 13.1. The van der Waals surface area contributed by atoms with Crippen molar-refractivity contribution in [1.29, 1.82) is 0 Å². The van der Waals surface area contributed by atoms with E-state index in [9.17, 15) is 9.18 Å². The molecule has 2 N–H and O–H groups in total. The van der Waals surface area contributed by atoms with E-state index in [0.29, 0.717) is 3.57 Å². The van der Waals surface area contributed by atoms with Gasteiger partial charge >= 0.3 is 0 Å². The van der Waals surface area contributed by atoms with Crippen LogP contribution in [0, 0.1) is 9.39 Å². The van der Waals surface area contributed by atoms with Gasteiger partial charge in [-0.2, -0.15) is 0 Å². The smallest absolute Gasteiger partial charge is 0.267 e. The van der Waals surface area contributed by atoms with Crippen LogP contribution in [0.25, 0.3) is 0 Å². The monoisotopic (exact) mass is 266 g/mol. The fraction of sp³-hybridized carbons (Fsp3) is 0. The predicted molar refractivity (Wildman–Crippen MR) is 45.4 cm³/mol. The lowest BCUT2D eigenvalue weighted by atomic mass is 10.3. The lowest BCUT2D eigenvalue weighted by molar-refractivity contribution is 0.0995. The van der Waals surface area contributed by atoms with Crippen LogP contribution in [0.3, 0.4) is 0 Å². The molecule has 0 aliphatic heterocycles. The molecule has 0 bridgehead atoms. The Hall–Kier alpha value is -0.720. The van der Waals surface area contributed by atoms with E-state index in [2.05, 4.69) is 4.98 Å². The molecule has 1 heterocycles. The summed E-state index contributed by atoms with van der Waals surface area (Å²) in [6.07, 6.45) is 1.26. The van der Waals surface area contributed by atoms with Gasteiger partial charge in [0.05, 0.1) is 3.57 Å². The number of halogens is 2. The molecule has 0 aliphatic rings. The normalized spacial score (nSPS) is 9.64. The van der Waals surface area contributed by atoms with Crippen LogP contribution in [0.1, 0.15) is 10.5 Å². The molecule has 0 unspecified atom stereocenters. The van der Waals surface area contributed by atoms with Gasteiger partial charge < -0.3 is 5.73 Å². The van der Waals surface area contributed by atoms with E-state index < -0.39 is 11.7 Å². The fourth-order valence-corrected chi connectivity index (χ4v) is 0.844. The van der Waals surface area contributed by atoms with Crippen LogP contribution < -0.4 is 5.73 Å². The van der Waals surface area contributed by atoms with Crippen molar-refractivity contribution in [3.05, 3.63) is 27.3 Å². The average Bonchev–Trinajstić information content (AvgIpc) is 1.94. The molecule has 0 fully saturated rings. The standard InChI is InChI=1S/C6H4FIN2O/c7-3-1-5(6(9)11)10-2-4(3)8/h1-2H,(H2,9,11). The Morgan fingerprint density at radius 1 is 1.73 bits per heavy atom. The van der Waals surface area contributed by atoms with Crippen molar-refractivity contribution in [2.75, 3.05) is 0 Å². The molecule has 1 amide bonds. The van der Waals surface area contributed by atoms with Gasteiger partial charge in [-0.3, -0.25) is 4.79 Å². The van der Waals surface area contributed by atoms with Gasteiger partial charge in [0.25, 0.3) is 5.91 Å². The quantitative estimate of drug-likeness (QED) is 0.768. The molecule has 0 atom stereocenters. The van der Waals surface area contributed by atoms with E-state index >= 15 is 0 Å². The van der Waals surface area contributed by atoms with Gasteiger partial charge in [-0.05, 0) is 22.6 Å². The molecule has 0 saturated carbocycles. The van der Waals surface area contributed by atoms with E-state index in [1.54, 1.807) is 22.6 Å². The van der Waals surface area contributed by atoms with Crippen molar-refractivity contribution < 1.29 is 9.18 Å². The summed E-state index contributed by atoms with van der Waals surface area (Å²) in [5.74, 6) is -1.20. The molecular weight excluding hydrogens is 262 g/mol. The number of amides is 1. The SMILES string of the molecule is NC(=O)c1cc(F)c(I)cn1. The van der Waals surface area contributed by atoms with Crippen LogP contribution in [0.2, 0.25) is 0 Å². The van der Waals surface area contributed by atoms with E-state index in [0.717, 1.165) is 6.07 Å².